The number of nitrogens with zero attached hydrogens (tertiary/aromatic N) is 2. The van der Waals surface area contributed by atoms with E-state index in [4.69, 9.17) is 11.5 Å². The number of benzene rings is 3. The van der Waals surface area contributed by atoms with Crippen LogP contribution in [0.4, 0.5) is 11.4 Å². The molecule has 1 heterocycles. The minimum atomic E-state index is 0. The number of fused-ring (bicyclic) bond motifs is 3. The number of hydrogen-bond acceptors (Lipinski definition) is 2. The summed E-state index contributed by atoms with van der Waals surface area (Å²) in [6.45, 7) is 8.93. The molecule has 8 heteroatoms. The van der Waals surface area contributed by atoms with E-state index in [0.29, 0.717) is 0 Å². The largest absolute Gasteiger partial charge is 1.00 e. The minimum Gasteiger partial charge on any atom is -1.00 e. The van der Waals surface area contributed by atoms with Gasteiger partial charge in [0.25, 0.3) is 0 Å². The van der Waals surface area contributed by atoms with Crippen molar-refractivity contribution in [2.45, 2.75) is 26.8 Å². The van der Waals surface area contributed by atoms with E-state index in [9.17, 15) is 0 Å². The summed E-state index contributed by atoms with van der Waals surface area (Å²) in [5, 5.41) is 3.61. The molecule has 0 aliphatic heterocycles. The van der Waals surface area contributed by atoms with Crippen molar-refractivity contribution in [1.29, 1.82) is 0 Å². The third kappa shape index (κ3) is 7.25. The highest BCUT2D eigenvalue weighted by Crippen LogP contribution is 2.33. The van der Waals surface area contributed by atoms with Gasteiger partial charge in [0, 0.05) is 28.4 Å². The van der Waals surface area contributed by atoms with E-state index in [1.54, 1.807) is 0 Å². The molecule has 0 radical (unpaired) electrons. The molecule has 0 aliphatic rings. The van der Waals surface area contributed by atoms with E-state index in [-0.39, 0.29) is 72.8 Å². The smallest absolute Gasteiger partial charge is 0.220 e. The van der Waals surface area contributed by atoms with Gasteiger partial charge in [0.1, 0.15) is 0 Å². The van der Waals surface area contributed by atoms with Crippen LogP contribution in [0.15, 0.2) is 66.7 Å². The average Bonchev–Trinajstić information content (AvgIpc) is 2.79. The van der Waals surface area contributed by atoms with E-state index in [1.165, 1.54) is 32.9 Å². The molecule has 0 bridgehead atoms. The van der Waals surface area contributed by atoms with Crippen LogP contribution < -0.4 is 64.0 Å². The highest BCUT2D eigenvalue weighted by Gasteiger charge is 2.25. The van der Waals surface area contributed by atoms with E-state index in [1.807, 2.05) is 12.1 Å². The summed E-state index contributed by atoms with van der Waals surface area (Å²) in [5.41, 5.74) is 17.7. The highest BCUT2D eigenvalue weighted by molar-refractivity contribution is 6.10. The first-order valence-corrected chi connectivity index (χ1v) is 11.3. The van der Waals surface area contributed by atoms with Crippen molar-refractivity contribution >= 4 is 57.9 Å². The van der Waals surface area contributed by atoms with Crippen molar-refractivity contribution in [3.63, 3.8) is 0 Å². The zero-order chi connectivity index (χ0) is 22.0. The molecule has 0 saturated carbocycles. The molecule has 4 aromatic rings. The Labute approximate surface area is 255 Å². The Morgan fingerprint density at radius 1 is 0.743 bits per heavy atom. The number of nitrogen functional groups attached to an aromatic ring is 2. The van der Waals surface area contributed by atoms with Crippen molar-refractivity contribution in [3.05, 3.63) is 66.7 Å². The number of aryl methyl sites for hydroxylation is 1. The summed E-state index contributed by atoms with van der Waals surface area (Å²) >= 11 is 0. The molecule has 0 unspecified atom stereocenters. The maximum absolute atomic E-state index is 6.25. The van der Waals surface area contributed by atoms with Crippen molar-refractivity contribution in [2.24, 2.45) is 0 Å². The second kappa shape index (κ2) is 14.6. The molecule has 0 spiro atoms. The third-order valence-electron chi connectivity index (χ3n) is 6.83. The topological polar surface area (TPSA) is 55.9 Å². The molecular formula is C27H36Cl2I2N4. The summed E-state index contributed by atoms with van der Waals surface area (Å²) in [7, 11) is 2.35. The predicted octanol–water partition coefficient (Wildman–Crippen LogP) is -0.160. The van der Waals surface area contributed by atoms with Crippen LogP contribution >= 0.6 is 24.8 Å². The van der Waals surface area contributed by atoms with Crippen LogP contribution in [0.5, 0.6) is 0 Å². The predicted molar refractivity (Wildman–Crippen MR) is 147 cm³/mol. The lowest BCUT2D eigenvalue weighted by atomic mass is 9.98. The van der Waals surface area contributed by atoms with Gasteiger partial charge in [-0.1, -0.05) is 24.3 Å². The van der Waals surface area contributed by atoms with Gasteiger partial charge in [-0.2, -0.15) is 4.57 Å². The van der Waals surface area contributed by atoms with Crippen LogP contribution in [-0.4, -0.2) is 31.2 Å². The first-order valence-electron chi connectivity index (χ1n) is 11.3. The Morgan fingerprint density at radius 3 is 1.91 bits per heavy atom. The van der Waals surface area contributed by atoms with Gasteiger partial charge in [0.05, 0.1) is 43.9 Å². The van der Waals surface area contributed by atoms with Crippen LogP contribution in [0.2, 0.25) is 0 Å². The van der Waals surface area contributed by atoms with Crippen LogP contribution in [-0.2, 0) is 6.54 Å². The van der Waals surface area contributed by atoms with Crippen LogP contribution in [0.1, 0.15) is 20.3 Å². The van der Waals surface area contributed by atoms with E-state index >= 15 is 0 Å². The van der Waals surface area contributed by atoms with Crippen molar-refractivity contribution in [1.82, 2.24) is 0 Å². The number of rotatable bonds is 7. The Balaban J connectivity index is 0.00000289. The number of nitrogens with two attached hydrogens (primary N) is 2. The van der Waals surface area contributed by atoms with Gasteiger partial charge in [-0.05, 0) is 50.2 Å². The van der Waals surface area contributed by atoms with E-state index in [0.717, 1.165) is 48.5 Å². The van der Waals surface area contributed by atoms with E-state index < -0.39 is 0 Å². The Morgan fingerprint density at radius 2 is 1.31 bits per heavy atom. The first kappa shape index (κ1) is 33.9. The quantitative estimate of drug-likeness (QED) is 0.0912. The monoisotopic (exact) mass is 740 g/mol. The molecule has 3 aromatic carbocycles. The summed E-state index contributed by atoms with van der Waals surface area (Å²) in [6, 6.07) is 23.1. The summed E-state index contributed by atoms with van der Waals surface area (Å²) < 4.78 is 3.54. The Bertz CT molecular complexity index is 1230. The first-order chi connectivity index (χ1) is 15.0. The van der Waals surface area contributed by atoms with Gasteiger partial charge in [0.15, 0.2) is 6.54 Å². The van der Waals surface area contributed by atoms with Gasteiger partial charge >= 0.3 is 0 Å². The molecule has 0 aliphatic carbocycles. The summed E-state index contributed by atoms with van der Waals surface area (Å²) in [6.07, 6.45) is 1.10. The summed E-state index contributed by atoms with van der Waals surface area (Å²) in [4.78, 5) is 0. The zero-order valence-corrected chi connectivity index (χ0v) is 26.5. The maximum atomic E-state index is 6.25. The van der Waals surface area contributed by atoms with Gasteiger partial charge in [-0.15, -0.1) is 24.8 Å². The second-order valence-corrected chi connectivity index (χ2v) is 8.78. The molecule has 0 saturated heterocycles. The van der Waals surface area contributed by atoms with Crippen LogP contribution in [0, 0.1) is 0 Å². The number of quaternary nitrogens is 1. The van der Waals surface area contributed by atoms with Crippen LogP contribution in [0.3, 0.4) is 0 Å². The van der Waals surface area contributed by atoms with Gasteiger partial charge in [-0.3, -0.25) is 0 Å². The summed E-state index contributed by atoms with van der Waals surface area (Å²) in [5.74, 6) is 0. The second-order valence-electron chi connectivity index (χ2n) is 8.78. The minimum absolute atomic E-state index is 0. The molecule has 4 rings (SSSR count). The zero-order valence-electron chi connectivity index (χ0n) is 20.5. The molecule has 0 amide bonds. The van der Waals surface area contributed by atoms with Gasteiger partial charge in [-0.25, -0.2) is 0 Å². The van der Waals surface area contributed by atoms with Gasteiger partial charge < -0.3 is 63.9 Å². The molecule has 35 heavy (non-hydrogen) atoms. The molecular weight excluding hydrogens is 705 g/mol. The van der Waals surface area contributed by atoms with Crippen molar-refractivity contribution in [3.8, 4) is 11.3 Å². The Kier molecular flexibility index (Phi) is 14.2. The number of aromatic nitrogens is 1. The molecule has 192 valence electrons. The van der Waals surface area contributed by atoms with Gasteiger partial charge in [0.2, 0.25) is 11.2 Å². The van der Waals surface area contributed by atoms with E-state index in [2.05, 4.69) is 80.1 Å². The maximum Gasteiger partial charge on any atom is 0.220 e. The molecule has 0 atom stereocenters. The number of pyridine rings is 1. The fourth-order valence-corrected chi connectivity index (χ4v) is 4.55. The van der Waals surface area contributed by atoms with Crippen molar-refractivity contribution in [2.75, 3.05) is 38.1 Å². The number of halogens is 4. The fraction of sp³-hybridized carbons (Fsp3) is 0.296. The third-order valence-corrected chi connectivity index (χ3v) is 6.83. The lowest BCUT2D eigenvalue weighted by Gasteiger charge is -2.31. The van der Waals surface area contributed by atoms with Crippen molar-refractivity contribution < 1.29 is 57.0 Å². The molecule has 4 nitrogen and oxygen atoms in total. The number of hydrogen-bond donors (Lipinski definition) is 2. The molecule has 1 aromatic heterocycles. The average molecular weight is 741 g/mol. The number of anilines is 2. The van der Waals surface area contributed by atoms with Crippen LogP contribution in [0.25, 0.3) is 32.9 Å². The fourth-order valence-electron chi connectivity index (χ4n) is 4.55. The normalized spacial score (nSPS) is 10.6. The standard InChI is InChI=1S/C27H33N4.2ClH.2HI/c1-4-31(3,5-2)17-9-16-30-26-19-22(29)13-15-24(26)23-14-12-21(28)18-25(23)27(30)20-10-7-6-8-11-20;;;;/h6-8,10-15,18-19,29H,4-5,9,16-17,28H2,1-3H3;4*1H/q+1;;;;/p-1. The Hall–Kier alpha value is -1.07. The SMILES string of the molecule is CC[N+](C)(CC)CCC[n+]1c(-c2ccccc2)c2cc(N)ccc2c2ccc(N)cc21.Cl.Cl.[I-].[I-]. The molecule has 0 fully saturated rings. The highest BCUT2D eigenvalue weighted by atomic mass is 127. The lowest BCUT2D eigenvalue weighted by molar-refractivity contribution is -0.908. The molecule has 4 N–H and O–H groups in total. The lowest BCUT2D eigenvalue weighted by Crippen LogP contribution is -3.00.